The van der Waals surface area contributed by atoms with E-state index in [9.17, 15) is 0 Å². The van der Waals surface area contributed by atoms with Gasteiger partial charge in [0.2, 0.25) is 0 Å². The predicted molar refractivity (Wildman–Crippen MR) is 65.6 cm³/mol. The maximum absolute atomic E-state index is 2.36. The summed E-state index contributed by atoms with van der Waals surface area (Å²) in [5.74, 6) is 0. The summed E-state index contributed by atoms with van der Waals surface area (Å²) in [4.78, 5) is 2.36. The Hall–Kier alpha value is -0.560. The third-order valence-corrected chi connectivity index (χ3v) is 2.50. The molecule has 1 nitrogen and oxygen atoms in total. The molecule has 0 atom stereocenters. The first-order valence-corrected chi connectivity index (χ1v) is 5.44. The molecular formula is C13H25N. The van der Waals surface area contributed by atoms with Gasteiger partial charge >= 0.3 is 0 Å². The Kier molecular flexibility index (Phi) is 5.78. The first kappa shape index (κ1) is 13.4. The minimum absolute atomic E-state index is 0.244. The van der Waals surface area contributed by atoms with Gasteiger partial charge in [-0.15, -0.1) is 0 Å². The molecule has 0 aliphatic heterocycles. The summed E-state index contributed by atoms with van der Waals surface area (Å²) in [7, 11) is 2.17. The van der Waals surface area contributed by atoms with Gasteiger partial charge in [0.1, 0.15) is 0 Å². The Balaban J connectivity index is 4.28. The molecule has 0 N–H and O–H groups in total. The standard InChI is InChI=1S/C13H25N/c1-7-9-10-12(8-2)11-14(6)13(3,4)5/h8-10H,7,11H2,1-6H3/b10-9-,12-8+. The van der Waals surface area contributed by atoms with Crippen LogP contribution in [0.2, 0.25) is 0 Å². The zero-order valence-corrected chi connectivity index (χ0v) is 10.6. The number of hydrogen-bond acceptors (Lipinski definition) is 1. The maximum Gasteiger partial charge on any atom is 0.0232 e. The molecular weight excluding hydrogens is 170 g/mol. The fourth-order valence-electron chi connectivity index (χ4n) is 1.02. The van der Waals surface area contributed by atoms with Crippen molar-refractivity contribution in [2.24, 2.45) is 0 Å². The lowest BCUT2D eigenvalue weighted by Gasteiger charge is -2.32. The van der Waals surface area contributed by atoms with Gasteiger partial charge in [0.05, 0.1) is 0 Å². The van der Waals surface area contributed by atoms with Crippen molar-refractivity contribution >= 4 is 0 Å². The maximum atomic E-state index is 2.36. The normalized spacial score (nSPS) is 14.4. The van der Waals surface area contributed by atoms with E-state index in [1.165, 1.54) is 5.57 Å². The SMILES string of the molecule is C/C=C(\C=C/CC)CN(C)C(C)(C)C. The van der Waals surface area contributed by atoms with Gasteiger partial charge in [0.25, 0.3) is 0 Å². The van der Waals surface area contributed by atoms with Crippen LogP contribution in [0.4, 0.5) is 0 Å². The lowest BCUT2D eigenvalue weighted by atomic mass is 10.1. The van der Waals surface area contributed by atoms with Crippen LogP contribution in [0, 0.1) is 0 Å². The summed E-state index contributed by atoms with van der Waals surface area (Å²) in [5, 5.41) is 0. The van der Waals surface area contributed by atoms with Crippen molar-refractivity contribution in [1.29, 1.82) is 0 Å². The number of allylic oxidation sites excluding steroid dienone is 2. The largest absolute Gasteiger partial charge is 0.297 e. The molecule has 0 unspecified atom stereocenters. The van der Waals surface area contributed by atoms with E-state index in [0.717, 1.165) is 13.0 Å². The number of rotatable bonds is 4. The van der Waals surface area contributed by atoms with Gasteiger partial charge in [0.15, 0.2) is 0 Å². The summed E-state index contributed by atoms with van der Waals surface area (Å²) in [5.41, 5.74) is 1.64. The highest BCUT2D eigenvalue weighted by atomic mass is 15.1. The molecule has 0 spiro atoms. The predicted octanol–water partition coefficient (Wildman–Crippen LogP) is 3.63. The van der Waals surface area contributed by atoms with E-state index in [1.807, 2.05) is 0 Å². The third-order valence-electron chi connectivity index (χ3n) is 2.50. The molecule has 0 rings (SSSR count). The van der Waals surface area contributed by atoms with Crippen molar-refractivity contribution in [3.63, 3.8) is 0 Å². The van der Waals surface area contributed by atoms with Gasteiger partial charge in [-0.1, -0.05) is 25.2 Å². The molecule has 0 bridgehead atoms. The van der Waals surface area contributed by atoms with Gasteiger partial charge in [-0.05, 0) is 46.7 Å². The molecule has 82 valence electrons. The van der Waals surface area contributed by atoms with Gasteiger partial charge in [-0.3, -0.25) is 4.90 Å². The van der Waals surface area contributed by atoms with Crippen LogP contribution in [-0.4, -0.2) is 24.0 Å². The van der Waals surface area contributed by atoms with Crippen molar-refractivity contribution in [3.05, 3.63) is 23.8 Å². The van der Waals surface area contributed by atoms with Gasteiger partial charge < -0.3 is 0 Å². The second-order valence-electron chi connectivity index (χ2n) is 4.70. The van der Waals surface area contributed by atoms with E-state index >= 15 is 0 Å². The molecule has 0 saturated heterocycles. The summed E-state index contributed by atoms with van der Waals surface area (Å²) in [6.07, 6.45) is 7.74. The molecule has 0 fully saturated rings. The molecule has 0 amide bonds. The first-order valence-electron chi connectivity index (χ1n) is 5.44. The highest BCUT2D eigenvalue weighted by Gasteiger charge is 2.16. The minimum atomic E-state index is 0.244. The quantitative estimate of drug-likeness (QED) is 0.619. The third kappa shape index (κ3) is 5.23. The Bertz CT molecular complexity index is 206. The molecule has 0 saturated carbocycles. The van der Waals surface area contributed by atoms with Crippen molar-refractivity contribution in [1.82, 2.24) is 4.90 Å². The summed E-state index contributed by atoms with van der Waals surface area (Å²) in [6, 6.07) is 0. The molecule has 0 aromatic heterocycles. The lowest BCUT2D eigenvalue weighted by molar-refractivity contribution is 0.192. The molecule has 0 aliphatic rings. The Morgan fingerprint density at radius 2 is 1.86 bits per heavy atom. The van der Waals surface area contributed by atoms with E-state index in [0.29, 0.717) is 0 Å². The smallest absolute Gasteiger partial charge is 0.0232 e. The van der Waals surface area contributed by atoms with Crippen LogP contribution < -0.4 is 0 Å². The second kappa shape index (κ2) is 6.02. The molecule has 0 aliphatic carbocycles. The molecule has 14 heavy (non-hydrogen) atoms. The van der Waals surface area contributed by atoms with E-state index in [-0.39, 0.29) is 5.54 Å². The van der Waals surface area contributed by atoms with E-state index in [2.05, 4.69) is 64.8 Å². The molecule has 0 aromatic rings. The molecule has 1 heteroatoms. The highest BCUT2D eigenvalue weighted by Crippen LogP contribution is 2.13. The number of hydrogen-bond donors (Lipinski definition) is 0. The Labute approximate surface area is 89.5 Å². The van der Waals surface area contributed by atoms with Crippen LogP contribution in [0.5, 0.6) is 0 Å². The summed E-state index contributed by atoms with van der Waals surface area (Å²) in [6.45, 7) is 12.0. The van der Waals surface area contributed by atoms with Crippen molar-refractivity contribution in [2.45, 2.75) is 46.6 Å². The lowest BCUT2D eigenvalue weighted by Crippen LogP contribution is -2.39. The summed E-state index contributed by atoms with van der Waals surface area (Å²) < 4.78 is 0. The van der Waals surface area contributed by atoms with Crippen LogP contribution >= 0.6 is 0 Å². The average Bonchev–Trinajstić information content (AvgIpc) is 2.10. The molecule has 0 aromatic carbocycles. The second-order valence-corrected chi connectivity index (χ2v) is 4.70. The highest BCUT2D eigenvalue weighted by molar-refractivity contribution is 5.19. The van der Waals surface area contributed by atoms with E-state index in [4.69, 9.17) is 0 Å². The van der Waals surface area contributed by atoms with E-state index < -0.39 is 0 Å². The Morgan fingerprint density at radius 1 is 1.29 bits per heavy atom. The van der Waals surface area contributed by atoms with Gasteiger partial charge in [0, 0.05) is 12.1 Å². The topological polar surface area (TPSA) is 3.24 Å². The van der Waals surface area contributed by atoms with Crippen LogP contribution in [-0.2, 0) is 0 Å². The first-order chi connectivity index (χ1) is 6.41. The monoisotopic (exact) mass is 195 g/mol. The van der Waals surface area contributed by atoms with Crippen molar-refractivity contribution in [3.8, 4) is 0 Å². The van der Waals surface area contributed by atoms with Crippen LogP contribution in [0.1, 0.15) is 41.0 Å². The summed E-state index contributed by atoms with van der Waals surface area (Å²) >= 11 is 0. The van der Waals surface area contributed by atoms with Crippen molar-refractivity contribution < 1.29 is 0 Å². The number of likely N-dealkylation sites (N-methyl/N-ethyl adjacent to an activating group) is 1. The zero-order valence-electron chi connectivity index (χ0n) is 10.6. The molecule has 0 radical (unpaired) electrons. The zero-order chi connectivity index (χ0) is 11.2. The minimum Gasteiger partial charge on any atom is -0.297 e. The van der Waals surface area contributed by atoms with E-state index in [1.54, 1.807) is 0 Å². The van der Waals surface area contributed by atoms with Crippen molar-refractivity contribution in [2.75, 3.05) is 13.6 Å². The molecule has 0 heterocycles. The van der Waals surface area contributed by atoms with Crippen LogP contribution in [0.3, 0.4) is 0 Å². The number of nitrogens with zero attached hydrogens (tertiary/aromatic N) is 1. The van der Waals surface area contributed by atoms with Crippen LogP contribution in [0.15, 0.2) is 23.8 Å². The van der Waals surface area contributed by atoms with Crippen LogP contribution in [0.25, 0.3) is 0 Å². The van der Waals surface area contributed by atoms with Gasteiger partial charge in [-0.2, -0.15) is 0 Å². The fourth-order valence-corrected chi connectivity index (χ4v) is 1.02. The fraction of sp³-hybridized carbons (Fsp3) is 0.692. The van der Waals surface area contributed by atoms with Gasteiger partial charge in [-0.25, -0.2) is 0 Å². The Morgan fingerprint density at radius 3 is 2.21 bits per heavy atom. The average molecular weight is 195 g/mol.